The van der Waals surface area contributed by atoms with Crippen LogP contribution in [0.3, 0.4) is 0 Å². The summed E-state index contributed by atoms with van der Waals surface area (Å²) in [6.45, 7) is 2.27. The molecule has 1 aromatic rings. The normalized spacial score (nSPS) is 20.2. The van der Waals surface area contributed by atoms with E-state index in [4.69, 9.17) is 0 Å². The van der Waals surface area contributed by atoms with Crippen molar-refractivity contribution in [3.05, 3.63) is 29.8 Å². The topological polar surface area (TPSA) is 12.0 Å². The SMILES string of the molecule is CCCCC1CCCc2ccccc2N1. The van der Waals surface area contributed by atoms with Crippen LogP contribution in [0.25, 0.3) is 0 Å². The first-order valence-corrected chi connectivity index (χ1v) is 6.24. The lowest BCUT2D eigenvalue weighted by molar-refractivity contribution is 0.561. The predicted molar refractivity (Wildman–Crippen MR) is 66.3 cm³/mol. The molecule has 1 aromatic carbocycles. The fourth-order valence-electron chi connectivity index (χ4n) is 2.38. The highest BCUT2D eigenvalue weighted by Gasteiger charge is 2.14. The minimum Gasteiger partial charge on any atom is -0.382 e. The summed E-state index contributed by atoms with van der Waals surface area (Å²) in [5.41, 5.74) is 2.87. The van der Waals surface area contributed by atoms with Crippen LogP contribution in [0.15, 0.2) is 24.3 Å². The molecule has 15 heavy (non-hydrogen) atoms. The molecule has 1 heteroatoms. The van der Waals surface area contributed by atoms with Gasteiger partial charge < -0.3 is 5.32 Å². The molecule has 0 aliphatic carbocycles. The Kier molecular flexibility index (Phi) is 3.65. The largest absolute Gasteiger partial charge is 0.382 e. The first-order chi connectivity index (χ1) is 7.40. The molecule has 0 radical (unpaired) electrons. The highest BCUT2D eigenvalue weighted by atomic mass is 14.9. The van der Waals surface area contributed by atoms with Crippen LogP contribution in [-0.2, 0) is 6.42 Å². The van der Waals surface area contributed by atoms with Gasteiger partial charge in [-0.15, -0.1) is 0 Å². The monoisotopic (exact) mass is 203 g/mol. The average Bonchev–Trinajstić information content (AvgIpc) is 2.47. The van der Waals surface area contributed by atoms with Crippen LogP contribution in [0.2, 0.25) is 0 Å². The van der Waals surface area contributed by atoms with Crippen LogP contribution in [-0.4, -0.2) is 6.04 Å². The van der Waals surface area contributed by atoms with E-state index < -0.39 is 0 Å². The van der Waals surface area contributed by atoms with Gasteiger partial charge in [0.1, 0.15) is 0 Å². The molecule has 0 saturated carbocycles. The zero-order valence-corrected chi connectivity index (χ0v) is 9.63. The molecule has 1 heterocycles. The molecular weight excluding hydrogens is 182 g/mol. The molecule has 2 rings (SSSR count). The van der Waals surface area contributed by atoms with Crippen LogP contribution in [0.1, 0.15) is 44.6 Å². The fourth-order valence-corrected chi connectivity index (χ4v) is 2.38. The van der Waals surface area contributed by atoms with Crippen LogP contribution in [0, 0.1) is 0 Å². The molecule has 1 aliphatic rings. The molecule has 0 fully saturated rings. The van der Waals surface area contributed by atoms with Gasteiger partial charge in [-0.2, -0.15) is 0 Å². The molecule has 0 spiro atoms. The van der Waals surface area contributed by atoms with Gasteiger partial charge in [0, 0.05) is 11.7 Å². The smallest absolute Gasteiger partial charge is 0.0374 e. The minimum absolute atomic E-state index is 0.702. The van der Waals surface area contributed by atoms with E-state index in [9.17, 15) is 0 Å². The lowest BCUT2D eigenvalue weighted by Crippen LogP contribution is -2.18. The first kappa shape index (κ1) is 10.5. The lowest BCUT2D eigenvalue weighted by atomic mass is 10.0. The van der Waals surface area contributed by atoms with Crippen LogP contribution >= 0.6 is 0 Å². The van der Waals surface area contributed by atoms with E-state index >= 15 is 0 Å². The van der Waals surface area contributed by atoms with Crippen molar-refractivity contribution in [1.82, 2.24) is 0 Å². The van der Waals surface area contributed by atoms with Crippen molar-refractivity contribution in [3.8, 4) is 0 Å². The number of para-hydroxylation sites is 1. The Hall–Kier alpha value is -0.980. The summed E-state index contributed by atoms with van der Waals surface area (Å²) in [6, 6.07) is 9.46. The van der Waals surface area contributed by atoms with E-state index in [0.717, 1.165) is 0 Å². The molecule has 82 valence electrons. The maximum Gasteiger partial charge on any atom is 0.0374 e. The van der Waals surface area contributed by atoms with E-state index in [1.165, 1.54) is 49.8 Å². The van der Waals surface area contributed by atoms with Crippen LogP contribution < -0.4 is 5.32 Å². The number of nitrogens with one attached hydrogen (secondary N) is 1. The number of unbranched alkanes of at least 4 members (excludes halogenated alkanes) is 1. The standard InChI is InChI=1S/C14H21N/c1-2-3-9-13-10-6-8-12-7-4-5-11-14(12)15-13/h4-5,7,11,13,15H,2-3,6,8-10H2,1H3. The molecule has 1 aliphatic heterocycles. The van der Waals surface area contributed by atoms with Crippen molar-refractivity contribution in [1.29, 1.82) is 0 Å². The molecule has 0 bridgehead atoms. The molecule has 0 aromatic heterocycles. The quantitative estimate of drug-likeness (QED) is 0.783. The van der Waals surface area contributed by atoms with E-state index in [2.05, 4.69) is 36.5 Å². The number of aryl methyl sites for hydroxylation is 1. The van der Waals surface area contributed by atoms with Gasteiger partial charge in [0.05, 0.1) is 0 Å². The summed E-state index contributed by atoms with van der Waals surface area (Å²) in [5.74, 6) is 0. The highest BCUT2D eigenvalue weighted by molar-refractivity contribution is 5.52. The number of benzene rings is 1. The average molecular weight is 203 g/mol. The summed E-state index contributed by atoms with van der Waals surface area (Å²) < 4.78 is 0. The second kappa shape index (κ2) is 5.20. The maximum absolute atomic E-state index is 3.69. The summed E-state index contributed by atoms with van der Waals surface area (Å²) in [4.78, 5) is 0. The number of hydrogen-bond donors (Lipinski definition) is 1. The number of fused-ring (bicyclic) bond motifs is 1. The van der Waals surface area contributed by atoms with Gasteiger partial charge >= 0.3 is 0 Å². The maximum atomic E-state index is 3.69. The van der Waals surface area contributed by atoms with Gasteiger partial charge in [-0.25, -0.2) is 0 Å². The summed E-state index contributed by atoms with van der Waals surface area (Å²) >= 11 is 0. The molecule has 1 N–H and O–H groups in total. The molecule has 1 nitrogen and oxygen atoms in total. The second-order valence-corrected chi connectivity index (χ2v) is 4.53. The van der Waals surface area contributed by atoms with Gasteiger partial charge in [0.2, 0.25) is 0 Å². The number of anilines is 1. The van der Waals surface area contributed by atoms with Gasteiger partial charge in [-0.05, 0) is 37.3 Å². The van der Waals surface area contributed by atoms with Gasteiger partial charge in [-0.3, -0.25) is 0 Å². The third kappa shape index (κ3) is 2.74. The Bertz CT molecular complexity index is 304. The van der Waals surface area contributed by atoms with Crippen molar-refractivity contribution in [2.75, 3.05) is 5.32 Å². The minimum atomic E-state index is 0.702. The second-order valence-electron chi connectivity index (χ2n) is 4.53. The number of hydrogen-bond acceptors (Lipinski definition) is 1. The Labute approximate surface area is 92.9 Å². The Morgan fingerprint density at radius 2 is 2.20 bits per heavy atom. The van der Waals surface area contributed by atoms with Crippen molar-refractivity contribution < 1.29 is 0 Å². The summed E-state index contributed by atoms with van der Waals surface area (Å²) in [6.07, 6.45) is 7.88. The summed E-state index contributed by atoms with van der Waals surface area (Å²) in [7, 11) is 0. The van der Waals surface area contributed by atoms with Crippen LogP contribution in [0.5, 0.6) is 0 Å². The van der Waals surface area contributed by atoms with Crippen molar-refractivity contribution in [2.24, 2.45) is 0 Å². The van der Waals surface area contributed by atoms with E-state index in [1.54, 1.807) is 0 Å². The Morgan fingerprint density at radius 1 is 1.33 bits per heavy atom. The Balaban J connectivity index is 2.04. The fraction of sp³-hybridized carbons (Fsp3) is 0.571. The highest BCUT2D eigenvalue weighted by Crippen LogP contribution is 2.25. The summed E-state index contributed by atoms with van der Waals surface area (Å²) in [5, 5.41) is 3.69. The Morgan fingerprint density at radius 3 is 3.07 bits per heavy atom. The molecule has 0 saturated heterocycles. The van der Waals surface area contributed by atoms with Crippen molar-refractivity contribution in [3.63, 3.8) is 0 Å². The molecule has 1 unspecified atom stereocenters. The van der Waals surface area contributed by atoms with Crippen molar-refractivity contribution >= 4 is 5.69 Å². The lowest BCUT2D eigenvalue weighted by Gasteiger charge is -2.17. The molecular formula is C14H21N. The zero-order chi connectivity index (χ0) is 10.5. The molecule has 0 amide bonds. The van der Waals surface area contributed by atoms with Gasteiger partial charge in [0.25, 0.3) is 0 Å². The van der Waals surface area contributed by atoms with E-state index in [-0.39, 0.29) is 0 Å². The zero-order valence-electron chi connectivity index (χ0n) is 9.63. The van der Waals surface area contributed by atoms with E-state index in [0.29, 0.717) is 6.04 Å². The third-order valence-electron chi connectivity index (χ3n) is 3.28. The number of rotatable bonds is 3. The van der Waals surface area contributed by atoms with Gasteiger partial charge in [0.15, 0.2) is 0 Å². The molecule has 1 atom stereocenters. The van der Waals surface area contributed by atoms with E-state index in [1.807, 2.05) is 0 Å². The van der Waals surface area contributed by atoms with Gasteiger partial charge in [-0.1, -0.05) is 38.0 Å². The predicted octanol–water partition coefficient (Wildman–Crippen LogP) is 3.99. The first-order valence-electron chi connectivity index (χ1n) is 6.24. The third-order valence-corrected chi connectivity index (χ3v) is 3.28. The van der Waals surface area contributed by atoms with Crippen LogP contribution in [0.4, 0.5) is 5.69 Å². The van der Waals surface area contributed by atoms with Crippen molar-refractivity contribution in [2.45, 2.75) is 51.5 Å².